The van der Waals surface area contributed by atoms with E-state index in [1.54, 1.807) is 0 Å². The van der Waals surface area contributed by atoms with Crippen LogP contribution in [-0.4, -0.2) is 12.5 Å². The van der Waals surface area contributed by atoms with Crippen LogP contribution >= 0.6 is 11.6 Å². The highest BCUT2D eigenvalue weighted by molar-refractivity contribution is 6.30. The van der Waals surface area contributed by atoms with Gasteiger partial charge in [-0.15, -0.1) is 0 Å². The van der Waals surface area contributed by atoms with E-state index in [2.05, 4.69) is 47.0 Å². The molecule has 1 heterocycles. The van der Waals surface area contributed by atoms with E-state index in [1.165, 1.54) is 16.7 Å². The summed E-state index contributed by atoms with van der Waals surface area (Å²) in [6.45, 7) is 1.40. The van der Waals surface area contributed by atoms with Gasteiger partial charge in [-0.25, -0.2) is 0 Å². The highest BCUT2D eigenvalue weighted by atomic mass is 35.5. The minimum Gasteiger partial charge on any atom is -0.352 e. The maximum absolute atomic E-state index is 6.28. The molecule has 130 valence electrons. The average molecular weight is 362 g/mol. The molecule has 0 amide bonds. The van der Waals surface area contributed by atoms with Crippen LogP contribution in [0.15, 0.2) is 83.9 Å². The van der Waals surface area contributed by atoms with E-state index in [4.69, 9.17) is 16.6 Å². The minimum atomic E-state index is 0.174. The van der Waals surface area contributed by atoms with Gasteiger partial charge in [0, 0.05) is 23.2 Å². The Bertz CT molecular complexity index is 907. The molecule has 0 aliphatic carbocycles. The number of hydrogen-bond donors (Lipinski definition) is 2. The van der Waals surface area contributed by atoms with E-state index in [-0.39, 0.29) is 5.92 Å². The molecule has 0 saturated carbocycles. The third-order valence-electron chi connectivity index (χ3n) is 4.58. The summed E-state index contributed by atoms with van der Waals surface area (Å²) < 4.78 is 0. The quantitative estimate of drug-likeness (QED) is 0.685. The molecule has 2 N–H and O–H groups in total. The smallest absolute Gasteiger partial charge is 0.196 e. The predicted octanol–water partition coefficient (Wildman–Crippen LogP) is 5.04. The lowest BCUT2D eigenvalue weighted by Crippen LogP contribution is -2.30. The van der Waals surface area contributed by atoms with Crippen molar-refractivity contribution in [1.29, 1.82) is 0 Å². The van der Waals surface area contributed by atoms with Gasteiger partial charge in [-0.3, -0.25) is 4.99 Å². The van der Waals surface area contributed by atoms with Gasteiger partial charge in [-0.05, 0) is 34.9 Å². The minimum absolute atomic E-state index is 0.174. The van der Waals surface area contributed by atoms with E-state index in [9.17, 15) is 0 Å². The normalized spacial score (nSPS) is 16.0. The van der Waals surface area contributed by atoms with Crippen LogP contribution in [0.2, 0.25) is 5.02 Å². The van der Waals surface area contributed by atoms with Crippen LogP contribution < -0.4 is 10.6 Å². The van der Waals surface area contributed by atoms with Crippen LogP contribution in [0.4, 0.5) is 5.69 Å². The Morgan fingerprint density at radius 3 is 2.46 bits per heavy atom. The van der Waals surface area contributed by atoms with Gasteiger partial charge in [0.25, 0.3) is 0 Å². The molecule has 26 heavy (non-hydrogen) atoms. The van der Waals surface area contributed by atoms with Gasteiger partial charge in [-0.2, -0.15) is 0 Å². The van der Waals surface area contributed by atoms with Crippen LogP contribution in [0, 0.1) is 0 Å². The maximum atomic E-state index is 6.28. The Kier molecular flexibility index (Phi) is 4.89. The summed E-state index contributed by atoms with van der Waals surface area (Å²) in [5.41, 5.74) is 4.67. The Balaban J connectivity index is 1.62. The number of halogens is 1. The zero-order chi connectivity index (χ0) is 17.8. The first kappa shape index (κ1) is 16.7. The average Bonchev–Trinajstić information content (AvgIpc) is 2.87. The highest BCUT2D eigenvalue weighted by Gasteiger charge is 2.21. The van der Waals surface area contributed by atoms with Crippen LogP contribution in [0.1, 0.15) is 22.6 Å². The maximum Gasteiger partial charge on any atom is 0.196 e. The molecule has 1 atom stereocenters. The lowest BCUT2D eigenvalue weighted by molar-refractivity contribution is 0.817. The van der Waals surface area contributed by atoms with Gasteiger partial charge >= 0.3 is 0 Å². The summed E-state index contributed by atoms with van der Waals surface area (Å²) in [7, 11) is 0. The second kappa shape index (κ2) is 7.63. The standard InChI is InChI=1S/C22H20ClN3/c23-18-11-12-21-19(13-18)20(17-9-5-2-6-10-17)15-25-22(26-21)24-14-16-7-3-1-4-8-16/h1-13,20H,14-15H2,(H2,24,25,26). The largest absolute Gasteiger partial charge is 0.352 e. The zero-order valence-corrected chi connectivity index (χ0v) is 15.1. The van der Waals surface area contributed by atoms with Gasteiger partial charge in [0.05, 0.1) is 6.54 Å². The topological polar surface area (TPSA) is 36.4 Å². The summed E-state index contributed by atoms with van der Waals surface area (Å²) in [6, 6.07) is 26.8. The third-order valence-corrected chi connectivity index (χ3v) is 4.81. The third kappa shape index (κ3) is 3.73. The Hall–Kier alpha value is -2.78. The van der Waals surface area contributed by atoms with Gasteiger partial charge in [0.15, 0.2) is 5.96 Å². The van der Waals surface area contributed by atoms with E-state index in [0.29, 0.717) is 6.54 Å². The Morgan fingerprint density at radius 1 is 0.962 bits per heavy atom. The Labute approximate surface area is 158 Å². The first-order chi connectivity index (χ1) is 12.8. The van der Waals surface area contributed by atoms with Gasteiger partial charge in [-0.1, -0.05) is 72.3 Å². The molecule has 0 aromatic heterocycles. The van der Waals surface area contributed by atoms with Crippen molar-refractivity contribution < 1.29 is 0 Å². The molecule has 3 aromatic carbocycles. The van der Waals surface area contributed by atoms with E-state index in [0.717, 1.165) is 23.2 Å². The summed E-state index contributed by atoms with van der Waals surface area (Å²) in [5, 5.41) is 7.59. The van der Waals surface area contributed by atoms with Crippen molar-refractivity contribution in [3.8, 4) is 0 Å². The lowest BCUT2D eigenvalue weighted by atomic mass is 9.90. The molecule has 0 saturated heterocycles. The van der Waals surface area contributed by atoms with Crippen molar-refractivity contribution in [1.82, 2.24) is 5.32 Å². The van der Waals surface area contributed by atoms with Crippen molar-refractivity contribution in [2.75, 3.05) is 11.9 Å². The molecular formula is C22H20ClN3. The number of anilines is 1. The molecule has 1 unspecified atom stereocenters. The number of nitrogens with zero attached hydrogens (tertiary/aromatic N) is 1. The molecular weight excluding hydrogens is 342 g/mol. The van der Waals surface area contributed by atoms with Crippen molar-refractivity contribution in [3.05, 3.63) is 101 Å². The predicted molar refractivity (Wildman–Crippen MR) is 109 cm³/mol. The number of benzene rings is 3. The molecule has 0 bridgehead atoms. The number of guanidine groups is 1. The fourth-order valence-corrected chi connectivity index (χ4v) is 3.42. The van der Waals surface area contributed by atoms with Crippen molar-refractivity contribution in [2.24, 2.45) is 4.99 Å². The van der Waals surface area contributed by atoms with E-state index >= 15 is 0 Å². The Morgan fingerprint density at radius 2 is 1.69 bits per heavy atom. The molecule has 4 heteroatoms. The number of rotatable bonds is 3. The summed E-state index contributed by atoms with van der Waals surface area (Å²) >= 11 is 6.28. The zero-order valence-electron chi connectivity index (χ0n) is 14.3. The van der Waals surface area contributed by atoms with E-state index < -0.39 is 0 Å². The second-order valence-electron chi connectivity index (χ2n) is 6.35. The molecule has 0 radical (unpaired) electrons. The van der Waals surface area contributed by atoms with Gasteiger partial charge in [0.1, 0.15) is 0 Å². The molecule has 0 fully saturated rings. The fraction of sp³-hybridized carbons (Fsp3) is 0.136. The summed E-state index contributed by atoms with van der Waals surface area (Å²) in [6.07, 6.45) is 0. The van der Waals surface area contributed by atoms with Crippen molar-refractivity contribution >= 4 is 23.2 Å². The fourth-order valence-electron chi connectivity index (χ4n) is 3.24. The number of hydrogen-bond acceptors (Lipinski definition) is 3. The molecule has 3 nitrogen and oxygen atoms in total. The van der Waals surface area contributed by atoms with Crippen LogP contribution in [0.3, 0.4) is 0 Å². The molecule has 1 aliphatic rings. The summed E-state index contributed by atoms with van der Waals surface area (Å²) in [5.74, 6) is 0.962. The lowest BCUT2D eigenvalue weighted by Gasteiger charge is -2.17. The van der Waals surface area contributed by atoms with Crippen LogP contribution in [0.5, 0.6) is 0 Å². The van der Waals surface area contributed by atoms with E-state index in [1.807, 2.05) is 42.5 Å². The molecule has 0 spiro atoms. The number of nitrogens with one attached hydrogen (secondary N) is 2. The molecule has 4 rings (SSSR count). The van der Waals surface area contributed by atoms with Crippen molar-refractivity contribution in [2.45, 2.75) is 12.5 Å². The van der Waals surface area contributed by atoms with Crippen LogP contribution in [-0.2, 0) is 6.54 Å². The molecule has 3 aromatic rings. The first-order valence-electron chi connectivity index (χ1n) is 8.73. The highest BCUT2D eigenvalue weighted by Crippen LogP contribution is 2.34. The first-order valence-corrected chi connectivity index (χ1v) is 9.11. The summed E-state index contributed by atoms with van der Waals surface area (Å²) in [4.78, 5) is 4.79. The van der Waals surface area contributed by atoms with Gasteiger partial charge < -0.3 is 10.6 Å². The second-order valence-corrected chi connectivity index (χ2v) is 6.78. The van der Waals surface area contributed by atoms with Crippen LogP contribution in [0.25, 0.3) is 0 Å². The van der Waals surface area contributed by atoms with Gasteiger partial charge in [0.2, 0.25) is 0 Å². The SMILES string of the molecule is Clc1ccc2c(c1)C(c1ccccc1)CN=C(NCc1ccccc1)N2. The monoisotopic (exact) mass is 361 g/mol. The van der Waals surface area contributed by atoms with Crippen molar-refractivity contribution in [3.63, 3.8) is 0 Å². The number of fused-ring (bicyclic) bond motifs is 1. The molecule has 1 aliphatic heterocycles. The number of aliphatic imine (C=N–C) groups is 1.